The fourth-order valence-corrected chi connectivity index (χ4v) is 3.82. The molecule has 0 atom stereocenters. The highest BCUT2D eigenvalue weighted by Crippen LogP contribution is 2.28. The first kappa shape index (κ1) is 23.1. The maximum Gasteiger partial charge on any atom is 0.191 e. The first-order valence-corrected chi connectivity index (χ1v) is 10.6. The van der Waals surface area contributed by atoms with Gasteiger partial charge in [0, 0.05) is 57.2 Å². The van der Waals surface area contributed by atoms with E-state index in [0.29, 0.717) is 0 Å². The lowest BCUT2D eigenvalue weighted by atomic mass is 10.1. The summed E-state index contributed by atoms with van der Waals surface area (Å²) in [4.78, 5) is 11.1. The van der Waals surface area contributed by atoms with Crippen molar-refractivity contribution in [2.45, 2.75) is 25.9 Å². The second-order valence-corrected chi connectivity index (χ2v) is 7.54. The summed E-state index contributed by atoms with van der Waals surface area (Å²) in [7, 11) is 1.80. The van der Waals surface area contributed by atoms with Crippen LogP contribution in [0.25, 0.3) is 0 Å². The van der Waals surface area contributed by atoms with Crippen LogP contribution in [0.5, 0.6) is 0 Å². The Labute approximate surface area is 202 Å². The number of para-hydroxylation sites is 1. The minimum absolute atomic E-state index is 0. The van der Waals surface area contributed by atoms with Gasteiger partial charge in [-0.15, -0.1) is 24.0 Å². The molecule has 0 fully saturated rings. The van der Waals surface area contributed by atoms with E-state index >= 15 is 0 Å². The summed E-state index contributed by atoms with van der Waals surface area (Å²) in [6, 6.07) is 23.6. The number of halogens is 1. The summed E-state index contributed by atoms with van der Waals surface area (Å²) in [5.74, 6) is 0.809. The van der Waals surface area contributed by atoms with Crippen LogP contribution in [-0.4, -0.2) is 31.1 Å². The van der Waals surface area contributed by atoms with Gasteiger partial charge in [0.05, 0.1) is 0 Å². The van der Waals surface area contributed by atoms with E-state index in [1.807, 2.05) is 24.4 Å². The quantitative estimate of drug-likeness (QED) is 0.275. The molecule has 0 spiro atoms. The number of fused-ring (bicyclic) bond motifs is 1. The molecule has 3 aromatic rings. The molecular weight excluding hydrogens is 497 g/mol. The number of nitrogens with one attached hydrogen (secondary N) is 2. The molecule has 6 heteroatoms. The van der Waals surface area contributed by atoms with Gasteiger partial charge in [0.1, 0.15) is 0 Å². The van der Waals surface area contributed by atoms with Crippen LogP contribution < -0.4 is 15.5 Å². The van der Waals surface area contributed by atoms with Crippen LogP contribution in [0.2, 0.25) is 0 Å². The molecule has 1 aromatic heterocycles. The smallest absolute Gasteiger partial charge is 0.191 e. The Balaban J connectivity index is 0.00000272. The van der Waals surface area contributed by atoms with E-state index in [1.54, 1.807) is 7.05 Å². The molecule has 2 heterocycles. The summed E-state index contributed by atoms with van der Waals surface area (Å²) >= 11 is 0. The molecular formula is C25H30IN5. The lowest BCUT2D eigenvalue weighted by Gasteiger charge is -2.19. The van der Waals surface area contributed by atoms with Crippen molar-refractivity contribution < 1.29 is 0 Å². The number of hydrogen-bond donors (Lipinski definition) is 2. The Morgan fingerprint density at radius 1 is 0.968 bits per heavy atom. The molecule has 2 aromatic carbocycles. The Hall–Kier alpha value is -2.61. The molecule has 0 unspecified atom stereocenters. The van der Waals surface area contributed by atoms with Crippen LogP contribution in [0.3, 0.4) is 0 Å². The Morgan fingerprint density at radius 3 is 2.52 bits per heavy atom. The zero-order valence-corrected chi connectivity index (χ0v) is 20.3. The summed E-state index contributed by atoms with van der Waals surface area (Å²) in [5.41, 5.74) is 6.50. The van der Waals surface area contributed by atoms with E-state index in [0.717, 1.165) is 50.7 Å². The Morgan fingerprint density at radius 2 is 1.74 bits per heavy atom. The van der Waals surface area contributed by atoms with Crippen LogP contribution in [0.15, 0.2) is 77.9 Å². The molecule has 0 saturated carbocycles. The van der Waals surface area contributed by atoms with Crippen LogP contribution in [0.4, 0.5) is 5.69 Å². The SMILES string of the molecule is CN=C(NCCc1ccccn1)NCc1ccc(CN2CCc3ccccc32)cc1.I. The summed E-state index contributed by atoms with van der Waals surface area (Å²) < 4.78 is 0. The molecule has 31 heavy (non-hydrogen) atoms. The van der Waals surface area contributed by atoms with Gasteiger partial charge in [0.2, 0.25) is 0 Å². The number of aromatic nitrogens is 1. The minimum Gasteiger partial charge on any atom is -0.367 e. The van der Waals surface area contributed by atoms with Crippen molar-refractivity contribution in [1.29, 1.82) is 0 Å². The van der Waals surface area contributed by atoms with Crippen LogP contribution >= 0.6 is 24.0 Å². The maximum atomic E-state index is 4.35. The highest BCUT2D eigenvalue weighted by Gasteiger charge is 2.18. The first-order valence-electron chi connectivity index (χ1n) is 10.6. The molecule has 0 amide bonds. The lowest BCUT2D eigenvalue weighted by molar-refractivity contribution is 0.783. The van der Waals surface area contributed by atoms with Crippen molar-refractivity contribution in [1.82, 2.24) is 15.6 Å². The monoisotopic (exact) mass is 527 g/mol. The van der Waals surface area contributed by atoms with Crippen molar-refractivity contribution in [2.75, 3.05) is 25.0 Å². The van der Waals surface area contributed by atoms with Crippen molar-refractivity contribution >= 4 is 35.6 Å². The third-order valence-corrected chi connectivity index (χ3v) is 5.46. The third-order valence-electron chi connectivity index (χ3n) is 5.46. The average molecular weight is 527 g/mol. The number of anilines is 1. The topological polar surface area (TPSA) is 52.6 Å². The highest BCUT2D eigenvalue weighted by molar-refractivity contribution is 14.0. The fraction of sp³-hybridized carbons (Fsp3) is 0.280. The van der Waals surface area contributed by atoms with Crippen molar-refractivity contribution in [3.63, 3.8) is 0 Å². The van der Waals surface area contributed by atoms with E-state index < -0.39 is 0 Å². The van der Waals surface area contributed by atoms with Gasteiger partial charge in [0.15, 0.2) is 5.96 Å². The van der Waals surface area contributed by atoms with E-state index in [4.69, 9.17) is 0 Å². The highest BCUT2D eigenvalue weighted by atomic mass is 127. The molecule has 0 aliphatic carbocycles. The molecule has 1 aliphatic rings. The van der Waals surface area contributed by atoms with Crippen molar-refractivity contribution in [3.8, 4) is 0 Å². The molecule has 1 aliphatic heterocycles. The molecule has 4 rings (SSSR count). The first-order chi connectivity index (χ1) is 14.8. The van der Waals surface area contributed by atoms with E-state index in [1.165, 1.54) is 22.4 Å². The van der Waals surface area contributed by atoms with Crippen molar-refractivity contribution in [2.24, 2.45) is 4.99 Å². The largest absolute Gasteiger partial charge is 0.367 e. The van der Waals surface area contributed by atoms with Gasteiger partial charge >= 0.3 is 0 Å². The Kier molecular flexibility index (Phi) is 8.70. The lowest BCUT2D eigenvalue weighted by Crippen LogP contribution is -2.37. The summed E-state index contributed by atoms with van der Waals surface area (Å²) in [6.07, 6.45) is 3.84. The number of hydrogen-bond acceptors (Lipinski definition) is 3. The summed E-state index contributed by atoms with van der Waals surface area (Å²) in [6.45, 7) is 3.60. The van der Waals surface area contributed by atoms with Gasteiger partial charge in [0.25, 0.3) is 0 Å². The maximum absolute atomic E-state index is 4.35. The number of rotatable bonds is 7. The average Bonchev–Trinajstić information content (AvgIpc) is 3.20. The minimum atomic E-state index is 0. The normalized spacial score (nSPS) is 12.8. The van der Waals surface area contributed by atoms with Gasteiger partial charge in [-0.3, -0.25) is 9.98 Å². The van der Waals surface area contributed by atoms with Gasteiger partial charge in [-0.2, -0.15) is 0 Å². The number of aliphatic imine (C=N–C) groups is 1. The number of benzene rings is 2. The van der Waals surface area contributed by atoms with Gasteiger partial charge < -0.3 is 15.5 Å². The summed E-state index contributed by atoms with van der Waals surface area (Å²) in [5, 5.41) is 6.74. The van der Waals surface area contributed by atoms with Crippen LogP contribution in [-0.2, 0) is 25.9 Å². The standard InChI is InChI=1S/C25H29N5.HI/c1-26-25(28-16-13-23-7-4-5-15-27-23)29-18-20-9-11-21(12-10-20)19-30-17-14-22-6-2-3-8-24(22)30;/h2-12,15H,13-14,16-19H2,1H3,(H2,26,28,29);1H. The predicted octanol–water partition coefficient (Wildman–Crippen LogP) is 4.17. The fourth-order valence-electron chi connectivity index (χ4n) is 3.82. The van der Waals surface area contributed by atoms with E-state index in [-0.39, 0.29) is 24.0 Å². The molecule has 0 bridgehead atoms. The number of nitrogens with zero attached hydrogens (tertiary/aromatic N) is 3. The van der Waals surface area contributed by atoms with E-state index in [2.05, 4.69) is 74.0 Å². The zero-order valence-electron chi connectivity index (χ0n) is 17.9. The third kappa shape index (κ3) is 6.43. The molecule has 162 valence electrons. The second-order valence-electron chi connectivity index (χ2n) is 7.54. The Bertz CT molecular complexity index is 973. The predicted molar refractivity (Wildman–Crippen MR) is 139 cm³/mol. The molecule has 5 nitrogen and oxygen atoms in total. The molecule has 0 saturated heterocycles. The van der Waals surface area contributed by atoms with Crippen LogP contribution in [0, 0.1) is 0 Å². The van der Waals surface area contributed by atoms with E-state index in [9.17, 15) is 0 Å². The molecule has 2 N–H and O–H groups in total. The van der Waals surface area contributed by atoms with Gasteiger partial charge in [-0.25, -0.2) is 0 Å². The van der Waals surface area contributed by atoms with Crippen LogP contribution in [0.1, 0.15) is 22.4 Å². The molecule has 0 radical (unpaired) electrons. The number of pyridine rings is 1. The van der Waals surface area contributed by atoms with Gasteiger partial charge in [-0.05, 0) is 41.3 Å². The second kappa shape index (κ2) is 11.7. The van der Waals surface area contributed by atoms with Gasteiger partial charge in [-0.1, -0.05) is 48.5 Å². The number of guanidine groups is 1. The zero-order chi connectivity index (χ0) is 20.6. The van der Waals surface area contributed by atoms with Crippen molar-refractivity contribution in [3.05, 3.63) is 95.3 Å².